The summed E-state index contributed by atoms with van der Waals surface area (Å²) in [6, 6.07) is 46.1. The van der Waals surface area contributed by atoms with Crippen LogP contribution in [0.2, 0.25) is 0 Å². The van der Waals surface area contributed by atoms with E-state index in [2.05, 4.69) is 150 Å². The Kier molecular flexibility index (Phi) is 4.74. The van der Waals surface area contributed by atoms with Crippen molar-refractivity contribution in [2.24, 2.45) is 7.05 Å². The lowest BCUT2D eigenvalue weighted by molar-refractivity contribution is -0.617. The Labute approximate surface area is 241 Å². The van der Waals surface area contributed by atoms with Crippen LogP contribution in [0, 0.1) is 6.92 Å². The number of nitrogens with zero attached hydrogens (tertiary/aromatic N) is 2. The first-order chi connectivity index (χ1) is 20.7. The SMILES string of the molecule is Cc1ccc2c3cccc4c5cccc(c5)c5ccccc5c5cccc(c5)n5c6ccccc6[n+](C)c5c1c2oc43. The summed E-state index contributed by atoms with van der Waals surface area (Å²) < 4.78 is 11.7. The Morgan fingerprint density at radius 2 is 1.17 bits per heavy atom. The lowest BCUT2D eigenvalue weighted by Gasteiger charge is -2.02. The van der Waals surface area contributed by atoms with Gasteiger partial charge in [0.1, 0.15) is 16.5 Å². The van der Waals surface area contributed by atoms with Crippen LogP contribution < -0.4 is 4.57 Å². The molecule has 0 atom stereocenters. The van der Waals surface area contributed by atoms with Crippen LogP contribution >= 0.6 is 0 Å². The number of rotatable bonds is 0. The van der Waals surface area contributed by atoms with Gasteiger partial charge in [-0.3, -0.25) is 0 Å². The van der Waals surface area contributed by atoms with Crippen molar-refractivity contribution < 1.29 is 8.98 Å². The summed E-state index contributed by atoms with van der Waals surface area (Å²) in [5.74, 6) is 0. The summed E-state index contributed by atoms with van der Waals surface area (Å²) >= 11 is 0. The van der Waals surface area contributed by atoms with E-state index in [0.29, 0.717) is 0 Å². The molecule has 0 saturated carbocycles. The number of hydrogen-bond donors (Lipinski definition) is 0. The first kappa shape index (κ1) is 23.3. The number of imidazole rings is 1. The van der Waals surface area contributed by atoms with Gasteiger partial charge in [0.15, 0.2) is 16.6 Å². The summed E-state index contributed by atoms with van der Waals surface area (Å²) in [6.45, 7) is 2.19. The van der Waals surface area contributed by atoms with Crippen molar-refractivity contribution in [3.05, 3.63) is 133 Å². The quantitative estimate of drug-likeness (QED) is 0.176. The molecule has 6 aromatic carbocycles. The number of fused-ring (bicyclic) bond motifs is 14. The van der Waals surface area contributed by atoms with Crippen molar-refractivity contribution in [3.8, 4) is 0 Å². The van der Waals surface area contributed by atoms with Gasteiger partial charge in [-0.15, -0.1) is 0 Å². The van der Waals surface area contributed by atoms with Crippen LogP contribution in [0.5, 0.6) is 0 Å². The second-order valence-corrected chi connectivity index (χ2v) is 11.3. The first-order valence-corrected chi connectivity index (χ1v) is 14.4. The van der Waals surface area contributed by atoms with Crippen LogP contribution in [0.25, 0.3) is 81.8 Å². The molecule has 42 heavy (non-hydrogen) atoms. The Morgan fingerprint density at radius 3 is 2.00 bits per heavy atom. The smallest absolute Gasteiger partial charge is 0.298 e. The molecule has 0 aliphatic rings. The lowest BCUT2D eigenvalue weighted by atomic mass is 10.0. The van der Waals surface area contributed by atoms with Gasteiger partial charge in [0, 0.05) is 16.2 Å². The molecule has 3 aromatic heterocycles. The Hall–Kier alpha value is -5.41. The Balaban J connectivity index is 1.71. The van der Waals surface area contributed by atoms with Gasteiger partial charge < -0.3 is 4.42 Å². The molecule has 198 valence electrons. The van der Waals surface area contributed by atoms with E-state index in [0.717, 1.165) is 54.8 Å². The minimum Gasteiger partial charge on any atom is -0.454 e. The molecule has 0 amide bonds. The molecule has 0 aliphatic heterocycles. The van der Waals surface area contributed by atoms with Gasteiger partial charge in [0.25, 0.3) is 5.65 Å². The molecule has 6 bridgehead atoms. The molecule has 0 saturated heterocycles. The highest BCUT2D eigenvalue weighted by molar-refractivity contribution is 6.19. The van der Waals surface area contributed by atoms with E-state index in [1.54, 1.807) is 0 Å². The van der Waals surface area contributed by atoms with E-state index in [4.69, 9.17) is 4.42 Å². The molecule has 3 nitrogen and oxygen atoms in total. The van der Waals surface area contributed by atoms with Crippen molar-refractivity contribution in [1.29, 1.82) is 0 Å². The molecule has 0 N–H and O–H groups in total. The standard InChI is InChI=1S/C39H27N2O/c1-24-20-21-33-32-17-9-16-31-26-11-7-10-25(22-26)29-14-3-4-15-30(29)27-12-8-13-28(23-27)41-35-19-6-5-18-34(35)40(2)39(41)36(24)38(33)42-37(31)32/h3-23H,1-2H3/q+1. The molecule has 3 heteroatoms. The number of furan rings is 1. The van der Waals surface area contributed by atoms with Gasteiger partial charge in [-0.05, 0) is 69.8 Å². The molecule has 9 rings (SSSR count). The second-order valence-electron chi connectivity index (χ2n) is 11.3. The maximum absolute atomic E-state index is 6.98. The zero-order chi connectivity index (χ0) is 27.9. The van der Waals surface area contributed by atoms with E-state index in [1.807, 2.05) is 0 Å². The molecular weight excluding hydrogens is 512 g/mol. The maximum Gasteiger partial charge on any atom is 0.298 e. The van der Waals surface area contributed by atoms with Crippen LogP contribution in [0.1, 0.15) is 5.56 Å². The fourth-order valence-corrected chi connectivity index (χ4v) is 6.97. The zero-order valence-corrected chi connectivity index (χ0v) is 23.4. The number of aryl methyl sites for hydroxylation is 2. The van der Waals surface area contributed by atoms with Crippen molar-refractivity contribution >= 4 is 81.8 Å². The lowest BCUT2D eigenvalue weighted by Crippen LogP contribution is -2.27. The van der Waals surface area contributed by atoms with Crippen LogP contribution in [0.15, 0.2) is 132 Å². The topological polar surface area (TPSA) is 21.4 Å². The largest absolute Gasteiger partial charge is 0.454 e. The summed E-state index contributed by atoms with van der Waals surface area (Å²) in [5.41, 5.74) is 7.56. The normalized spacial score (nSPS) is 12.0. The van der Waals surface area contributed by atoms with Gasteiger partial charge in [0.05, 0.1) is 7.05 Å². The number of hydrogen-bond acceptors (Lipinski definition) is 1. The maximum atomic E-state index is 6.98. The molecular formula is C39H27N2O+. The highest BCUT2D eigenvalue weighted by Gasteiger charge is 2.23. The first-order valence-electron chi connectivity index (χ1n) is 14.4. The molecule has 9 aromatic rings. The average molecular weight is 540 g/mol. The third-order valence-electron chi connectivity index (χ3n) is 8.94. The van der Waals surface area contributed by atoms with E-state index >= 15 is 0 Å². The molecule has 3 heterocycles. The predicted molar refractivity (Wildman–Crippen MR) is 176 cm³/mol. The van der Waals surface area contributed by atoms with Gasteiger partial charge in [-0.2, -0.15) is 4.40 Å². The van der Waals surface area contributed by atoms with Crippen molar-refractivity contribution in [3.63, 3.8) is 0 Å². The van der Waals surface area contributed by atoms with Gasteiger partial charge in [0.2, 0.25) is 0 Å². The van der Waals surface area contributed by atoms with Crippen molar-refractivity contribution in [1.82, 2.24) is 4.40 Å². The summed E-state index contributed by atoms with van der Waals surface area (Å²) in [4.78, 5) is 0. The van der Waals surface area contributed by atoms with E-state index in [1.165, 1.54) is 32.6 Å². The third-order valence-corrected chi connectivity index (χ3v) is 8.94. The number of para-hydroxylation sites is 3. The fourth-order valence-electron chi connectivity index (χ4n) is 6.97. The summed E-state index contributed by atoms with van der Waals surface area (Å²) in [7, 11) is 2.17. The van der Waals surface area contributed by atoms with E-state index < -0.39 is 0 Å². The van der Waals surface area contributed by atoms with Gasteiger partial charge in [-0.25, -0.2) is 4.57 Å². The van der Waals surface area contributed by atoms with Crippen LogP contribution in [-0.4, -0.2) is 4.40 Å². The van der Waals surface area contributed by atoms with Crippen molar-refractivity contribution in [2.75, 3.05) is 0 Å². The highest BCUT2D eigenvalue weighted by atomic mass is 16.3. The van der Waals surface area contributed by atoms with Gasteiger partial charge >= 0.3 is 0 Å². The molecule has 0 fully saturated rings. The molecule has 0 spiro atoms. The van der Waals surface area contributed by atoms with E-state index in [-0.39, 0.29) is 0 Å². The molecule has 0 aliphatic carbocycles. The predicted octanol–water partition coefficient (Wildman–Crippen LogP) is 9.86. The monoisotopic (exact) mass is 539 g/mol. The van der Waals surface area contributed by atoms with Crippen LogP contribution in [0.3, 0.4) is 0 Å². The minimum absolute atomic E-state index is 0.919. The summed E-state index contributed by atoms with van der Waals surface area (Å²) in [6.07, 6.45) is 0. The van der Waals surface area contributed by atoms with E-state index in [9.17, 15) is 0 Å². The fraction of sp³-hybridized carbons (Fsp3) is 0.0513. The average Bonchev–Trinajstić information content (AvgIpc) is 3.56. The highest BCUT2D eigenvalue weighted by Crippen LogP contribution is 2.38. The zero-order valence-electron chi connectivity index (χ0n) is 23.4. The van der Waals surface area contributed by atoms with Crippen LogP contribution in [-0.2, 0) is 7.05 Å². The van der Waals surface area contributed by atoms with Crippen molar-refractivity contribution in [2.45, 2.75) is 6.92 Å². The van der Waals surface area contributed by atoms with Crippen LogP contribution in [0.4, 0.5) is 0 Å². The summed E-state index contributed by atoms with van der Waals surface area (Å²) in [5, 5.41) is 10.4. The minimum atomic E-state index is 0.919. The molecule has 0 unspecified atom stereocenters. The molecule has 0 radical (unpaired) electrons. The Morgan fingerprint density at radius 1 is 0.548 bits per heavy atom. The third kappa shape index (κ3) is 3.13. The Bertz CT molecular complexity index is 2660. The second kappa shape index (κ2) is 8.55. The number of benzene rings is 6. The van der Waals surface area contributed by atoms with Gasteiger partial charge in [-0.1, -0.05) is 97.1 Å². The number of aromatic nitrogens is 2.